The molecule has 1 unspecified atom stereocenters. The first-order valence-electron chi connectivity index (χ1n) is 25.8. The minimum atomic E-state index is -0.816. The third-order valence-electron chi connectivity index (χ3n) is 10.4. The van der Waals surface area contributed by atoms with Crippen molar-refractivity contribution in [3.63, 3.8) is 0 Å². The van der Waals surface area contributed by atoms with Crippen LogP contribution in [-0.4, -0.2) is 37.2 Å². The van der Waals surface area contributed by atoms with Gasteiger partial charge in [-0.05, 0) is 57.8 Å². The van der Waals surface area contributed by atoms with Gasteiger partial charge in [0.2, 0.25) is 0 Å². The summed E-state index contributed by atoms with van der Waals surface area (Å²) in [6.45, 7) is 6.26. The molecular weight excluding hydrogens is 805 g/mol. The molecule has 1 atom stereocenters. The van der Waals surface area contributed by atoms with Crippen LogP contribution < -0.4 is 0 Å². The third kappa shape index (κ3) is 50.4. The van der Waals surface area contributed by atoms with Crippen LogP contribution in [0.15, 0.2) is 134 Å². The van der Waals surface area contributed by atoms with Gasteiger partial charge in [-0.25, -0.2) is 0 Å². The van der Waals surface area contributed by atoms with Crippen LogP contribution >= 0.6 is 0 Å². The Morgan fingerprint density at radius 3 is 0.938 bits per heavy atom. The highest BCUT2D eigenvalue weighted by Gasteiger charge is 2.19. The van der Waals surface area contributed by atoms with E-state index in [-0.39, 0.29) is 31.1 Å². The zero-order chi connectivity index (χ0) is 47.2. The van der Waals surface area contributed by atoms with Gasteiger partial charge in [-0.3, -0.25) is 14.4 Å². The van der Waals surface area contributed by atoms with Crippen LogP contribution in [0, 0.1) is 0 Å². The molecule has 0 spiro atoms. The number of hydrogen-bond acceptors (Lipinski definition) is 6. The van der Waals surface area contributed by atoms with Crippen LogP contribution in [0.25, 0.3) is 0 Å². The van der Waals surface area contributed by atoms with Crippen molar-refractivity contribution in [1.29, 1.82) is 0 Å². The van der Waals surface area contributed by atoms with Crippen molar-refractivity contribution in [3.8, 4) is 0 Å². The summed E-state index contributed by atoms with van der Waals surface area (Å²) in [6.07, 6.45) is 72.9. The van der Waals surface area contributed by atoms with Gasteiger partial charge in [-0.2, -0.15) is 0 Å². The zero-order valence-corrected chi connectivity index (χ0v) is 41.4. The van der Waals surface area contributed by atoms with Gasteiger partial charge in [0.1, 0.15) is 13.2 Å². The Balaban J connectivity index is 4.56. The van der Waals surface area contributed by atoms with Crippen LogP contribution in [0.2, 0.25) is 0 Å². The molecule has 0 N–H and O–H groups in total. The van der Waals surface area contributed by atoms with Crippen molar-refractivity contribution < 1.29 is 28.6 Å². The molecule has 0 aliphatic carbocycles. The van der Waals surface area contributed by atoms with Crippen molar-refractivity contribution in [2.75, 3.05) is 13.2 Å². The van der Waals surface area contributed by atoms with E-state index in [1.165, 1.54) is 77.0 Å². The summed E-state index contributed by atoms with van der Waals surface area (Å²) < 4.78 is 16.7. The molecule has 0 aromatic rings. The fraction of sp³-hybridized carbons (Fsp3) is 0.576. The van der Waals surface area contributed by atoms with Gasteiger partial charge in [0.25, 0.3) is 0 Å². The fourth-order valence-corrected chi connectivity index (χ4v) is 6.61. The Morgan fingerprint density at radius 2 is 0.600 bits per heavy atom. The summed E-state index contributed by atoms with van der Waals surface area (Å²) in [5.74, 6) is -1.00. The number of carbonyl (C=O) groups is 3. The van der Waals surface area contributed by atoms with Crippen LogP contribution in [-0.2, 0) is 28.6 Å². The molecule has 0 aliphatic heterocycles. The predicted octanol–water partition coefficient (Wildman–Crippen LogP) is 17.1. The molecule has 0 saturated carbocycles. The molecule has 6 heteroatoms. The van der Waals surface area contributed by atoms with E-state index in [2.05, 4.69) is 45.1 Å². The van der Waals surface area contributed by atoms with E-state index >= 15 is 0 Å². The standard InChI is InChI=1S/C59H92O6/c1-4-7-10-13-16-19-22-25-27-28-29-30-32-34-37-40-43-46-49-52-58(61)64-55-56(54-63-57(60)51-48-45-42-39-36-33-24-21-18-15-12-9-6-3)65-59(62)53-50-47-44-41-38-35-31-26-23-20-17-14-11-8-5-2/h7,9-10,12-13,15-16,18-19,21-22,24-25,27-30,32-34,36-37,56H,4-6,8,11,14,17,20,23,26,31,35,38-55H2,1-3H3/b10-7-,12-9-,16-13-,18-15-,22-19-,24-21-,27-25-,29-28+,32-30-,36-33-,37-34-. The summed E-state index contributed by atoms with van der Waals surface area (Å²) in [7, 11) is 0. The normalized spacial score (nSPS) is 13.2. The van der Waals surface area contributed by atoms with Crippen molar-refractivity contribution >= 4 is 17.9 Å². The van der Waals surface area contributed by atoms with E-state index in [0.29, 0.717) is 19.3 Å². The smallest absolute Gasteiger partial charge is 0.306 e. The molecule has 65 heavy (non-hydrogen) atoms. The van der Waals surface area contributed by atoms with E-state index in [4.69, 9.17) is 14.2 Å². The third-order valence-corrected chi connectivity index (χ3v) is 10.4. The van der Waals surface area contributed by atoms with Gasteiger partial charge in [0.15, 0.2) is 6.10 Å². The highest BCUT2D eigenvalue weighted by atomic mass is 16.6. The molecule has 6 nitrogen and oxygen atoms in total. The second-order valence-electron chi connectivity index (χ2n) is 16.6. The second-order valence-corrected chi connectivity index (χ2v) is 16.6. The van der Waals surface area contributed by atoms with Crippen molar-refractivity contribution in [1.82, 2.24) is 0 Å². The monoisotopic (exact) mass is 897 g/mol. The molecule has 0 aromatic carbocycles. The van der Waals surface area contributed by atoms with E-state index < -0.39 is 6.10 Å². The van der Waals surface area contributed by atoms with Crippen molar-refractivity contribution in [2.24, 2.45) is 0 Å². The van der Waals surface area contributed by atoms with E-state index in [0.717, 1.165) is 83.5 Å². The lowest BCUT2D eigenvalue weighted by molar-refractivity contribution is -0.167. The Hall–Kier alpha value is -4.45. The van der Waals surface area contributed by atoms with Crippen LogP contribution in [0.5, 0.6) is 0 Å². The molecule has 0 bridgehead atoms. The van der Waals surface area contributed by atoms with Crippen LogP contribution in [0.3, 0.4) is 0 Å². The summed E-state index contributed by atoms with van der Waals surface area (Å²) in [4.78, 5) is 38.0. The fourth-order valence-electron chi connectivity index (χ4n) is 6.61. The molecule has 364 valence electrons. The molecule has 0 heterocycles. The molecule has 0 fully saturated rings. The summed E-state index contributed by atoms with van der Waals surface area (Å²) >= 11 is 0. The summed E-state index contributed by atoms with van der Waals surface area (Å²) in [6, 6.07) is 0. The van der Waals surface area contributed by atoms with Crippen LogP contribution in [0.4, 0.5) is 0 Å². The number of esters is 3. The highest BCUT2D eigenvalue weighted by Crippen LogP contribution is 2.15. The predicted molar refractivity (Wildman–Crippen MR) is 279 cm³/mol. The van der Waals surface area contributed by atoms with Crippen molar-refractivity contribution in [2.45, 2.75) is 207 Å². The molecular formula is C59H92O6. The molecule has 0 aromatic heterocycles. The minimum absolute atomic E-state index is 0.117. The quantitative estimate of drug-likeness (QED) is 0.0262. The summed E-state index contributed by atoms with van der Waals surface area (Å²) in [5, 5.41) is 0. The first-order valence-corrected chi connectivity index (χ1v) is 25.8. The van der Waals surface area contributed by atoms with Gasteiger partial charge < -0.3 is 14.2 Å². The number of allylic oxidation sites excluding steroid dienone is 22. The summed E-state index contributed by atoms with van der Waals surface area (Å²) in [5.41, 5.74) is 0. The minimum Gasteiger partial charge on any atom is -0.462 e. The van der Waals surface area contributed by atoms with Crippen molar-refractivity contribution in [3.05, 3.63) is 134 Å². The number of carbonyl (C=O) groups excluding carboxylic acids is 3. The van der Waals surface area contributed by atoms with Gasteiger partial charge in [0, 0.05) is 19.3 Å². The second kappa shape index (κ2) is 52.2. The van der Waals surface area contributed by atoms with E-state index in [9.17, 15) is 14.4 Å². The number of ether oxygens (including phenoxy) is 3. The maximum atomic E-state index is 12.8. The first kappa shape index (κ1) is 60.5. The number of unbranched alkanes of at least 4 members (excludes halogenated alkanes) is 20. The maximum Gasteiger partial charge on any atom is 0.306 e. The largest absolute Gasteiger partial charge is 0.462 e. The topological polar surface area (TPSA) is 78.9 Å². The number of rotatable bonds is 44. The molecule has 0 rings (SSSR count). The van der Waals surface area contributed by atoms with Gasteiger partial charge in [0.05, 0.1) is 0 Å². The maximum absolute atomic E-state index is 12.8. The van der Waals surface area contributed by atoms with Gasteiger partial charge in [-0.1, -0.05) is 257 Å². The van der Waals surface area contributed by atoms with Gasteiger partial charge in [-0.15, -0.1) is 0 Å². The highest BCUT2D eigenvalue weighted by molar-refractivity contribution is 5.71. The molecule has 0 amide bonds. The lowest BCUT2D eigenvalue weighted by Gasteiger charge is -2.18. The number of hydrogen-bond donors (Lipinski definition) is 0. The Morgan fingerprint density at radius 1 is 0.323 bits per heavy atom. The molecule has 0 saturated heterocycles. The lowest BCUT2D eigenvalue weighted by atomic mass is 10.0. The Bertz CT molecular complexity index is 1450. The molecule has 0 radical (unpaired) electrons. The van der Waals surface area contributed by atoms with E-state index in [1.807, 2.05) is 109 Å². The SMILES string of the molecule is CC\C=C/C=C\C=C/C=C\C=C\C=C/C=C\CCCCCC(=O)OCC(COC(=O)CCCCC\C=C/C=C\C=C/C=C\CC)OC(=O)CCCCCCCCCCCCCCCCC. The zero-order valence-electron chi connectivity index (χ0n) is 41.4. The first-order chi connectivity index (χ1) is 32.0. The van der Waals surface area contributed by atoms with E-state index in [1.54, 1.807) is 0 Å². The average Bonchev–Trinajstić information content (AvgIpc) is 3.30. The Labute approximate surface area is 398 Å². The average molecular weight is 897 g/mol. The molecule has 0 aliphatic rings. The Kier molecular flexibility index (Phi) is 48.6. The van der Waals surface area contributed by atoms with Crippen LogP contribution in [0.1, 0.15) is 201 Å². The lowest BCUT2D eigenvalue weighted by Crippen LogP contribution is -2.30. The van der Waals surface area contributed by atoms with Gasteiger partial charge >= 0.3 is 17.9 Å².